The summed E-state index contributed by atoms with van der Waals surface area (Å²) in [6.45, 7) is 3.37. The number of aromatic nitrogens is 3. The number of hydrogen-bond acceptors (Lipinski definition) is 4. The molecule has 7 nitrogen and oxygen atoms in total. The first kappa shape index (κ1) is 17.6. The average Bonchev–Trinajstić information content (AvgIpc) is 3.07. The zero-order chi connectivity index (χ0) is 18.5. The standard InChI is InChI=1S/C19H21N5O2/c1-2-24-17-9-8-15(12-16(17)21-22-24)19(26)23(11-10-18(20)25)13-14-6-4-3-5-7-14/h3-9,12H,2,10-11,13H2,1H3,(H2,20,25). The van der Waals surface area contributed by atoms with E-state index in [0.29, 0.717) is 24.2 Å². The fraction of sp³-hybridized carbons (Fsp3) is 0.263. The Kier molecular flexibility index (Phi) is 5.26. The molecular weight excluding hydrogens is 330 g/mol. The molecule has 7 heteroatoms. The fourth-order valence-corrected chi connectivity index (χ4v) is 2.82. The Bertz CT molecular complexity index is 920. The normalized spacial score (nSPS) is 10.8. The highest BCUT2D eigenvalue weighted by atomic mass is 16.2. The van der Waals surface area contributed by atoms with E-state index in [1.165, 1.54) is 0 Å². The summed E-state index contributed by atoms with van der Waals surface area (Å²) in [5.74, 6) is -0.597. The number of primary amides is 1. The van der Waals surface area contributed by atoms with Gasteiger partial charge in [-0.15, -0.1) is 5.10 Å². The van der Waals surface area contributed by atoms with E-state index in [-0.39, 0.29) is 18.9 Å². The Morgan fingerprint density at radius 3 is 2.62 bits per heavy atom. The molecule has 1 aromatic heterocycles. The van der Waals surface area contributed by atoms with Crippen LogP contribution < -0.4 is 5.73 Å². The van der Waals surface area contributed by atoms with Gasteiger partial charge in [0.1, 0.15) is 5.52 Å². The van der Waals surface area contributed by atoms with Crippen LogP contribution in [0.3, 0.4) is 0 Å². The Hall–Kier alpha value is -3.22. The van der Waals surface area contributed by atoms with Crippen molar-refractivity contribution in [3.8, 4) is 0 Å². The number of benzene rings is 2. The van der Waals surface area contributed by atoms with Gasteiger partial charge in [-0.05, 0) is 30.7 Å². The minimum Gasteiger partial charge on any atom is -0.370 e. The number of carbonyl (C=O) groups excluding carboxylic acids is 2. The Labute approximate surface area is 151 Å². The molecule has 3 aromatic rings. The second-order valence-electron chi connectivity index (χ2n) is 6.04. The molecule has 0 atom stereocenters. The van der Waals surface area contributed by atoms with Crippen molar-refractivity contribution in [1.82, 2.24) is 19.9 Å². The maximum Gasteiger partial charge on any atom is 0.254 e. The molecule has 134 valence electrons. The zero-order valence-corrected chi connectivity index (χ0v) is 14.6. The Morgan fingerprint density at radius 2 is 1.92 bits per heavy atom. The summed E-state index contributed by atoms with van der Waals surface area (Å²) in [6, 6.07) is 15.0. The van der Waals surface area contributed by atoms with Crippen molar-refractivity contribution in [1.29, 1.82) is 0 Å². The maximum absolute atomic E-state index is 13.0. The number of fused-ring (bicyclic) bond motifs is 1. The summed E-state index contributed by atoms with van der Waals surface area (Å²) in [5.41, 5.74) is 8.33. The molecule has 0 aliphatic carbocycles. The highest BCUT2D eigenvalue weighted by molar-refractivity contribution is 5.97. The lowest BCUT2D eigenvalue weighted by Gasteiger charge is -2.22. The van der Waals surface area contributed by atoms with Gasteiger partial charge in [-0.25, -0.2) is 4.68 Å². The highest BCUT2D eigenvalue weighted by Gasteiger charge is 2.18. The smallest absolute Gasteiger partial charge is 0.254 e. The van der Waals surface area contributed by atoms with E-state index in [9.17, 15) is 9.59 Å². The van der Waals surface area contributed by atoms with Crippen molar-refractivity contribution in [2.24, 2.45) is 5.73 Å². The van der Waals surface area contributed by atoms with E-state index < -0.39 is 5.91 Å². The van der Waals surface area contributed by atoms with Crippen LogP contribution in [-0.2, 0) is 17.9 Å². The van der Waals surface area contributed by atoms with E-state index in [1.54, 1.807) is 21.7 Å². The second-order valence-corrected chi connectivity index (χ2v) is 6.04. The number of aryl methyl sites for hydroxylation is 1. The van der Waals surface area contributed by atoms with Crippen LogP contribution in [0.4, 0.5) is 0 Å². The van der Waals surface area contributed by atoms with Crippen LogP contribution in [0.15, 0.2) is 48.5 Å². The quantitative estimate of drug-likeness (QED) is 0.704. The van der Waals surface area contributed by atoms with Gasteiger partial charge < -0.3 is 10.6 Å². The number of nitrogens with zero attached hydrogens (tertiary/aromatic N) is 4. The molecule has 0 aliphatic heterocycles. The first-order valence-electron chi connectivity index (χ1n) is 8.53. The molecule has 0 aliphatic rings. The lowest BCUT2D eigenvalue weighted by molar-refractivity contribution is -0.118. The van der Waals surface area contributed by atoms with Gasteiger partial charge in [0.05, 0.1) is 5.52 Å². The number of carbonyl (C=O) groups is 2. The highest BCUT2D eigenvalue weighted by Crippen LogP contribution is 2.16. The van der Waals surface area contributed by atoms with Gasteiger partial charge in [-0.1, -0.05) is 35.5 Å². The molecule has 2 N–H and O–H groups in total. The molecule has 26 heavy (non-hydrogen) atoms. The van der Waals surface area contributed by atoms with Crippen LogP contribution in [0.1, 0.15) is 29.3 Å². The van der Waals surface area contributed by atoms with E-state index in [4.69, 9.17) is 5.73 Å². The third kappa shape index (κ3) is 3.88. The van der Waals surface area contributed by atoms with Crippen molar-refractivity contribution in [3.05, 3.63) is 59.7 Å². The Balaban J connectivity index is 1.86. The van der Waals surface area contributed by atoms with Crippen molar-refractivity contribution in [2.75, 3.05) is 6.54 Å². The van der Waals surface area contributed by atoms with Crippen molar-refractivity contribution >= 4 is 22.8 Å². The summed E-state index contributed by atoms with van der Waals surface area (Å²) in [4.78, 5) is 25.8. The van der Waals surface area contributed by atoms with Gasteiger partial charge in [0.2, 0.25) is 5.91 Å². The van der Waals surface area contributed by atoms with E-state index >= 15 is 0 Å². The third-order valence-electron chi connectivity index (χ3n) is 4.19. The topological polar surface area (TPSA) is 94.1 Å². The molecule has 1 heterocycles. The largest absolute Gasteiger partial charge is 0.370 e. The average molecular weight is 351 g/mol. The van der Waals surface area contributed by atoms with Gasteiger partial charge >= 0.3 is 0 Å². The number of nitrogens with two attached hydrogens (primary N) is 1. The molecule has 0 saturated carbocycles. The minimum atomic E-state index is -0.433. The van der Waals surface area contributed by atoms with Crippen LogP contribution in [0, 0.1) is 0 Å². The summed E-state index contributed by atoms with van der Waals surface area (Å²) in [5, 5.41) is 8.19. The molecule has 0 spiro atoms. The summed E-state index contributed by atoms with van der Waals surface area (Å²) < 4.78 is 1.78. The molecule has 2 amide bonds. The van der Waals surface area contributed by atoms with Gasteiger partial charge in [0.15, 0.2) is 0 Å². The first-order chi connectivity index (χ1) is 12.6. The minimum absolute atomic E-state index is 0.118. The predicted molar refractivity (Wildman–Crippen MR) is 98.2 cm³/mol. The lowest BCUT2D eigenvalue weighted by atomic mass is 10.1. The van der Waals surface area contributed by atoms with E-state index in [2.05, 4.69) is 10.3 Å². The number of amides is 2. The van der Waals surface area contributed by atoms with E-state index in [0.717, 1.165) is 11.1 Å². The molecule has 2 aromatic carbocycles. The van der Waals surface area contributed by atoms with E-state index in [1.807, 2.05) is 43.3 Å². The first-order valence-corrected chi connectivity index (χ1v) is 8.53. The van der Waals surface area contributed by atoms with Gasteiger partial charge in [-0.3, -0.25) is 9.59 Å². The van der Waals surface area contributed by atoms with Crippen molar-refractivity contribution < 1.29 is 9.59 Å². The molecule has 0 saturated heterocycles. The molecule has 0 radical (unpaired) electrons. The lowest BCUT2D eigenvalue weighted by Crippen LogP contribution is -2.33. The Morgan fingerprint density at radius 1 is 1.15 bits per heavy atom. The second kappa shape index (κ2) is 7.77. The van der Waals surface area contributed by atoms with Crippen LogP contribution >= 0.6 is 0 Å². The SMILES string of the molecule is CCn1nnc2cc(C(=O)N(CCC(N)=O)Cc3ccccc3)ccc21. The predicted octanol–water partition coefficient (Wildman–Crippen LogP) is 1.97. The van der Waals surface area contributed by atoms with Crippen molar-refractivity contribution in [3.63, 3.8) is 0 Å². The van der Waals surface area contributed by atoms with Crippen LogP contribution in [0.25, 0.3) is 11.0 Å². The summed E-state index contributed by atoms with van der Waals surface area (Å²) in [7, 11) is 0. The summed E-state index contributed by atoms with van der Waals surface area (Å²) in [6.07, 6.45) is 0.118. The van der Waals surface area contributed by atoms with Crippen molar-refractivity contribution in [2.45, 2.75) is 26.4 Å². The molecule has 0 bridgehead atoms. The van der Waals surface area contributed by atoms with Crippen LogP contribution in [0.5, 0.6) is 0 Å². The van der Waals surface area contributed by atoms with Crippen LogP contribution in [0.2, 0.25) is 0 Å². The molecule has 0 fully saturated rings. The number of hydrogen-bond donors (Lipinski definition) is 1. The fourth-order valence-electron chi connectivity index (χ4n) is 2.82. The monoisotopic (exact) mass is 351 g/mol. The summed E-state index contributed by atoms with van der Waals surface area (Å²) >= 11 is 0. The van der Waals surface area contributed by atoms with Crippen LogP contribution in [-0.4, -0.2) is 38.3 Å². The number of rotatable bonds is 7. The molecular formula is C19H21N5O2. The van der Waals surface area contributed by atoms with Gasteiger partial charge in [-0.2, -0.15) is 0 Å². The third-order valence-corrected chi connectivity index (χ3v) is 4.19. The zero-order valence-electron chi connectivity index (χ0n) is 14.6. The maximum atomic E-state index is 13.0. The molecule has 3 rings (SSSR count). The molecule has 0 unspecified atom stereocenters. The van der Waals surface area contributed by atoms with Gasteiger partial charge in [0, 0.05) is 31.6 Å². The van der Waals surface area contributed by atoms with Gasteiger partial charge in [0.25, 0.3) is 5.91 Å².